The van der Waals surface area contributed by atoms with Gasteiger partial charge in [-0.05, 0) is 26.5 Å². The number of hydrogen-bond donors (Lipinski definition) is 1. The summed E-state index contributed by atoms with van der Waals surface area (Å²) in [5.41, 5.74) is 0.101. The lowest BCUT2D eigenvalue weighted by molar-refractivity contribution is 0.0883. The molecule has 0 amide bonds. The molecule has 3 heteroatoms. The summed E-state index contributed by atoms with van der Waals surface area (Å²) < 4.78 is 4.86. The summed E-state index contributed by atoms with van der Waals surface area (Å²) in [6, 6.07) is 1.68. The van der Waals surface area contributed by atoms with Gasteiger partial charge in [-0.3, -0.25) is 4.79 Å². The summed E-state index contributed by atoms with van der Waals surface area (Å²) in [4.78, 5) is 11.8. The second kappa shape index (κ2) is 3.75. The molecule has 1 aromatic rings. The number of carbonyl (C=O) groups excluding carboxylic acids is 1. The Labute approximate surface area is 78.1 Å². The second-order valence-corrected chi connectivity index (χ2v) is 3.50. The van der Waals surface area contributed by atoms with Crippen molar-refractivity contribution in [3.63, 3.8) is 0 Å². The monoisotopic (exact) mass is 181 g/mol. The van der Waals surface area contributed by atoms with Gasteiger partial charge in [0.25, 0.3) is 0 Å². The summed E-state index contributed by atoms with van der Waals surface area (Å²) in [5, 5.41) is 3.12. The van der Waals surface area contributed by atoms with Gasteiger partial charge >= 0.3 is 0 Å². The SMILES string of the molecule is CCNC(C)(C)C(=O)c1ccoc1. The third-order valence-corrected chi connectivity index (χ3v) is 1.97. The Hall–Kier alpha value is -1.09. The fourth-order valence-electron chi connectivity index (χ4n) is 1.28. The van der Waals surface area contributed by atoms with Crippen molar-refractivity contribution in [3.05, 3.63) is 24.2 Å². The van der Waals surface area contributed by atoms with E-state index in [1.54, 1.807) is 6.07 Å². The first-order valence-corrected chi connectivity index (χ1v) is 4.40. The predicted molar refractivity (Wildman–Crippen MR) is 50.8 cm³/mol. The van der Waals surface area contributed by atoms with Crippen LogP contribution in [0.3, 0.4) is 0 Å². The normalized spacial score (nSPS) is 11.6. The molecular weight excluding hydrogens is 166 g/mol. The topological polar surface area (TPSA) is 42.2 Å². The zero-order valence-corrected chi connectivity index (χ0v) is 8.26. The van der Waals surface area contributed by atoms with E-state index in [-0.39, 0.29) is 5.78 Å². The van der Waals surface area contributed by atoms with Crippen LogP contribution in [0, 0.1) is 0 Å². The molecular formula is C10H15NO2. The Morgan fingerprint density at radius 3 is 2.77 bits per heavy atom. The molecule has 0 radical (unpaired) electrons. The summed E-state index contributed by atoms with van der Waals surface area (Å²) >= 11 is 0. The predicted octanol–water partition coefficient (Wildman–Crippen LogP) is 1.85. The van der Waals surface area contributed by atoms with Crippen molar-refractivity contribution in [2.75, 3.05) is 6.54 Å². The van der Waals surface area contributed by atoms with E-state index in [0.717, 1.165) is 6.54 Å². The Balaban J connectivity index is 2.78. The van der Waals surface area contributed by atoms with E-state index in [2.05, 4.69) is 5.32 Å². The van der Waals surface area contributed by atoms with Crippen molar-refractivity contribution >= 4 is 5.78 Å². The highest BCUT2D eigenvalue weighted by Crippen LogP contribution is 2.12. The summed E-state index contributed by atoms with van der Waals surface area (Å²) in [6.45, 7) is 6.48. The van der Waals surface area contributed by atoms with Gasteiger partial charge < -0.3 is 9.73 Å². The van der Waals surface area contributed by atoms with Crippen molar-refractivity contribution in [3.8, 4) is 0 Å². The van der Waals surface area contributed by atoms with Gasteiger partial charge in [-0.1, -0.05) is 6.92 Å². The van der Waals surface area contributed by atoms with E-state index in [4.69, 9.17) is 4.42 Å². The average Bonchev–Trinajstić information content (AvgIpc) is 2.54. The highest BCUT2D eigenvalue weighted by atomic mass is 16.3. The van der Waals surface area contributed by atoms with Crippen LogP contribution in [0.1, 0.15) is 31.1 Å². The molecule has 0 atom stereocenters. The van der Waals surface area contributed by atoms with Gasteiger partial charge in [0.05, 0.1) is 17.4 Å². The third kappa shape index (κ3) is 2.18. The van der Waals surface area contributed by atoms with Crippen LogP contribution >= 0.6 is 0 Å². The molecule has 0 bridgehead atoms. The lowest BCUT2D eigenvalue weighted by Crippen LogP contribution is -2.46. The van der Waals surface area contributed by atoms with Gasteiger partial charge in [0.2, 0.25) is 0 Å². The minimum atomic E-state index is -0.515. The number of Topliss-reactive ketones (excluding diaryl/α,β-unsaturated/α-hetero) is 1. The van der Waals surface area contributed by atoms with Gasteiger partial charge in [-0.25, -0.2) is 0 Å². The van der Waals surface area contributed by atoms with Gasteiger partial charge in [-0.2, -0.15) is 0 Å². The minimum absolute atomic E-state index is 0.0584. The number of carbonyl (C=O) groups is 1. The first-order valence-electron chi connectivity index (χ1n) is 4.40. The molecule has 0 unspecified atom stereocenters. The Bertz CT molecular complexity index is 275. The summed E-state index contributed by atoms with van der Waals surface area (Å²) in [6.07, 6.45) is 2.98. The molecule has 1 heterocycles. The van der Waals surface area contributed by atoms with Crippen molar-refractivity contribution < 1.29 is 9.21 Å². The fourth-order valence-corrected chi connectivity index (χ4v) is 1.28. The molecule has 0 aliphatic carbocycles. The molecule has 3 nitrogen and oxygen atoms in total. The number of rotatable bonds is 4. The Morgan fingerprint density at radius 2 is 2.31 bits per heavy atom. The average molecular weight is 181 g/mol. The first kappa shape index (κ1) is 9.99. The number of furan rings is 1. The number of hydrogen-bond acceptors (Lipinski definition) is 3. The maximum Gasteiger partial charge on any atom is 0.185 e. The van der Waals surface area contributed by atoms with Crippen LogP contribution in [0.15, 0.2) is 23.0 Å². The molecule has 0 saturated heterocycles. The highest BCUT2D eigenvalue weighted by Gasteiger charge is 2.27. The fraction of sp³-hybridized carbons (Fsp3) is 0.500. The second-order valence-electron chi connectivity index (χ2n) is 3.50. The van der Waals surface area contributed by atoms with E-state index >= 15 is 0 Å². The van der Waals surface area contributed by atoms with Crippen LogP contribution in [0.2, 0.25) is 0 Å². The molecule has 1 N–H and O–H groups in total. The quantitative estimate of drug-likeness (QED) is 0.721. The van der Waals surface area contributed by atoms with Crippen LogP contribution in [-0.2, 0) is 0 Å². The lowest BCUT2D eigenvalue weighted by atomic mass is 9.95. The zero-order chi connectivity index (χ0) is 9.90. The lowest BCUT2D eigenvalue weighted by Gasteiger charge is -2.23. The number of ketones is 1. The molecule has 0 aliphatic rings. The molecule has 13 heavy (non-hydrogen) atoms. The molecule has 0 saturated carbocycles. The van der Waals surface area contributed by atoms with Crippen LogP contribution in [0.5, 0.6) is 0 Å². The van der Waals surface area contributed by atoms with Crippen LogP contribution < -0.4 is 5.32 Å². The smallest absolute Gasteiger partial charge is 0.185 e. The largest absolute Gasteiger partial charge is 0.472 e. The molecule has 0 spiro atoms. The van der Waals surface area contributed by atoms with E-state index in [9.17, 15) is 4.79 Å². The van der Waals surface area contributed by atoms with E-state index in [0.29, 0.717) is 5.56 Å². The third-order valence-electron chi connectivity index (χ3n) is 1.97. The number of nitrogens with one attached hydrogen (secondary N) is 1. The highest BCUT2D eigenvalue weighted by molar-refractivity contribution is 6.02. The van der Waals surface area contributed by atoms with Crippen molar-refractivity contribution in [2.45, 2.75) is 26.3 Å². The molecule has 0 fully saturated rings. The first-order chi connectivity index (χ1) is 6.08. The van der Waals surface area contributed by atoms with Gasteiger partial charge in [0.1, 0.15) is 6.26 Å². The van der Waals surface area contributed by atoms with Crippen molar-refractivity contribution in [1.82, 2.24) is 5.32 Å². The molecule has 1 rings (SSSR count). The maximum absolute atomic E-state index is 11.8. The van der Waals surface area contributed by atoms with Crippen LogP contribution in [0.25, 0.3) is 0 Å². The minimum Gasteiger partial charge on any atom is -0.472 e. The molecule has 0 aromatic carbocycles. The summed E-state index contributed by atoms with van der Waals surface area (Å²) in [7, 11) is 0. The Morgan fingerprint density at radius 1 is 1.62 bits per heavy atom. The summed E-state index contributed by atoms with van der Waals surface area (Å²) in [5.74, 6) is 0.0584. The van der Waals surface area contributed by atoms with Crippen molar-refractivity contribution in [1.29, 1.82) is 0 Å². The molecule has 1 aromatic heterocycles. The zero-order valence-electron chi connectivity index (χ0n) is 8.26. The number of likely N-dealkylation sites (N-methyl/N-ethyl adjacent to an activating group) is 1. The van der Waals surface area contributed by atoms with Crippen LogP contribution in [0.4, 0.5) is 0 Å². The van der Waals surface area contributed by atoms with E-state index < -0.39 is 5.54 Å². The van der Waals surface area contributed by atoms with Crippen molar-refractivity contribution in [2.24, 2.45) is 0 Å². The van der Waals surface area contributed by atoms with Crippen LogP contribution in [-0.4, -0.2) is 17.9 Å². The van der Waals surface area contributed by atoms with E-state index in [1.165, 1.54) is 12.5 Å². The van der Waals surface area contributed by atoms with Gasteiger partial charge in [0.15, 0.2) is 5.78 Å². The standard InChI is InChI=1S/C10H15NO2/c1-4-11-10(2,3)9(12)8-5-6-13-7-8/h5-7,11H,4H2,1-3H3. The van der Waals surface area contributed by atoms with Gasteiger partial charge in [-0.15, -0.1) is 0 Å². The van der Waals surface area contributed by atoms with E-state index in [1.807, 2.05) is 20.8 Å². The molecule has 0 aliphatic heterocycles. The maximum atomic E-state index is 11.8. The molecule has 72 valence electrons. The Kier molecular flexibility index (Phi) is 2.88. The van der Waals surface area contributed by atoms with Gasteiger partial charge in [0, 0.05) is 0 Å².